The van der Waals surface area contributed by atoms with Gasteiger partial charge in [-0.1, -0.05) is 19.3 Å². The molecule has 0 N–H and O–H groups in total. The number of hydrogen-bond acceptors (Lipinski definition) is 6. The van der Waals surface area contributed by atoms with E-state index in [4.69, 9.17) is 4.74 Å². The predicted octanol–water partition coefficient (Wildman–Crippen LogP) is 0.232. The van der Waals surface area contributed by atoms with Crippen LogP contribution in [0.5, 0.6) is 0 Å². The Bertz CT molecular complexity index is 685. The van der Waals surface area contributed by atoms with Crippen LogP contribution in [0.4, 0.5) is 0 Å². The third kappa shape index (κ3) is 6.09. The number of carbonyl (C=O) groups excluding carboxylic acids is 2. The molecule has 0 aromatic carbocycles. The minimum Gasteiger partial charge on any atom is -0.378 e. The smallest absolute Gasteiger partial charge is 0.282 e. The maximum absolute atomic E-state index is 13.0. The van der Waals surface area contributed by atoms with E-state index < -0.39 is 10.2 Å². The van der Waals surface area contributed by atoms with E-state index in [1.165, 1.54) is 26.8 Å². The number of ether oxygens (including phenoxy) is 1. The molecule has 0 unspecified atom stereocenters. The Morgan fingerprint density at radius 2 is 1.43 bits per heavy atom. The van der Waals surface area contributed by atoms with E-state index in [9.17, 15) is 18.0 Å². The van der Waals surface area contributed by atoms with Crippen molar-refractivity contribution in [2.24, 2.45) is 0 Å². The summed E-state index contributed by atoms with van der Waals surface area (Å²) in [6.07, 6.45) is 5.20. The number of hydrogen-bond donors (Lipinski definition) is 0. The van der Waals surface area contributed by atoms with Crippen LogP contribution in [-0.4, -0.2) is 116 Å². The monoisotopic (exact) mass is 462 g/mol. The van der Waals surface area contributed by atoms with Gasteiger partial charge in [-0.3, -0.25) is 9.59 Å². The first-order valence-electron chi connectivity index (χ1n) is 10.8. The predicted molar refractivity (Wildman–Crippen MR) is 116 cm³/mol. The maximum atomic E-state index is 13.0. The largest absolute Gasteiger partial charge is 0.378 e. The van der Waals surface area contributed by atoms with Crippen molar-refractivity contribution in [3.63, 3.8) is 0 Å². The minimum absolute atomic E-state index is 0.0348. The molecule has 11 heteroatoms. The molecule has 2 aliphatic heterocycles. The Hall–Kier alpha value is -0.880. The third-order valence-corrected chi connectivity index (χ3v) is 9.13. The fourth-order valence-corrected chi connectivity index (χ4v) is 6.60. The summed E-state index contributed by atoms with van der Waals surface area (Å²) in [5.41, 5.74) is 0. The summed E-state index contributed by atoms with van der Waals surface area (Å²) >= 11 is 1.32. The highest BCUT2D eigenvalue weighted by Crippen LogP contribution is 2.25. The van der Waals surface area contributed by atoms with E-state index in [1.54, 1.807) is 16.8 Å². The highest BCUT2D eigenvalue weighted by atomic mass is 32.2. The van der Waals surface area contributed by atoms with E-state index in [2.05, 4.69) is 0 Å². The van der Waals surface area contributed by atoms with Gasteiger partial charge in [0.25, 0.3) is 10.2 Å². The van der Waals surface area contributed by atoms with Crippen LogP contribution >= 0.6 is 11.8 Å². The van der Waals surface area contributed by atoms with Crippen LogP contribution in [0.3, 0.4) is 0 Å². The molecular formula is C19H34N4O5S2. The van der Waals surface area contributed by atoms with Crippen LogP contribution in [0.15, 0.2) is 0 Å². The summed E-state index contributed by atoms with van der Waals surface area (Å²) < 4.78 is 34.2. The number of carbonyl (C=O) groups is 2. The summed E-state index contributed by atoms with van der Waals surface area (Å²) in [7, 11) is -1.80. The molecule has 0 bridgehead atoms. The van der Waals surface area contributed by atoms with Gasteiger partial charge < -0.3 is 14.5 Å². The Kier molecular flexibility index (Phi) is 8.82. The second-order valence-electron chi connectivity index (χ2n) is 8.08. The van der Waals surface area contributed by atoms with Gasteiger partial charge in [-0.2, -0.15) is 17.0 Å². The zero-order valence-corrected chi connectivity index (χ0v) is 19.5. The van der Waals surface area contributed by atoms with Gasteiger partial charge in [-0.25, -0.2) is 0 Å². The van der Waals surface area contributed by atoms with Crippen LogP contribution in [0.25, 0.3) is 0 Å². The molecule has 0 radical (unpaired) electrons. The lowest BCUT2D eigenvalue weighted by atomic mass is 9.96. The van der Waals surface area contributed by atoms with Crippen molar-refractivity contribution in [2.45, 2.75) is 38.1 Å². The average Bonchev–Trinajstić information content (AvgIpc) is 2.79. The summed E-state index contributed by atoms with van der Waals surface area (Å²) in [4.78, 5) is 28.1. The quantitative estimate of drug-likeness (QED) is 0.538. The van der Waals surface area contributed by atoms with Gasteiger partial charge in [-0.05, 0) is 12.8 Å². The van der Waals surface area contributed by atoms with Crippen molar-refractivity contribution in [3.8, 4) is 0 Å². The Labute approximate surface area is 184 Å². The van der Waals surface area contributed by atoms with Crippen molar-refractivity contribution >= 4 is 33.8 Å². The van der Waals surface area contributed by atoms with Crippen molar-refractivity contribution in [2.75, 3.05) is 71.0 Å². The van der Waals surface area contributed by atoms with Crippen molar-refractivity contribution in [3.05, 3.63) is 0 Å². The van der Waals surface area contributed by atoms with Gasteiger partial charge >= 0.3 is 0 Å². The van der Waals surface area contributed by atoms with Crippen molar-refractivity contribution < 1.29 is 22.7 Å². The second kappa shape index (κ2) is 11.1. The van der Waals surface area contributed by atoms with Crippen molar-refractivity contribution in [1.82, 2.24) is 18.4 Å². The van der Waals surface area contributed by atoms with Crippen LogP contribution < -0.4 is 0 Å². The van der Waals surface area contributed by atoms with E-state index in [0.717, 1.165) is 25.7 Å². The number of amides is 2. The fourth-order valence-electron chi connectivity index (χ4n) is 4.20. The Balaban J connectivity index is 1.39. The van der Waals surface area contributed by atoms with Gasteiger partial charge in [0.15, 0.2) is 0 Å². The van der Waals surface area contributed by atoms with Crippen LogP contribution in [0.1, 0.15) is 32.1 Å². The molecule has 0 aromatic heterocycles. The van der Waals surface area contributed by atoms with Gasteiger partial charge in [0.2, 0.25) is 11.8 Å². The zero-order chi connectivity index (χ0) is 21.6. The molecule has 0 spiro atoms. The van der Waals surface area contributed by atoms with E-state index in [1.807, 2.05) is 0 Å². The normalized spacial score (nSPS) is 22.5. The van der Waals surface area contributed by atoms with Gasteiger partial charge in [0.05, 0.1) is 24.7 Å². The highest BCUT2D eigenvalue weighted by Gasteiger charge is 2.35. The highest BCUT2D eigenvalue weighted by molar-refractivity contribution is 8.00. The number of rotatable bonds is 7. The lowest BCUT2D eigenvalue weighted by Gasteiger charge is -2.38. The van der Waals surface area contributed by atoms with Crippen LogP contribution in [0, 0.1) is 0 Å². The van der Waals surface area contributed by atoms with Gasteiger partial charge in [0, 0.05) is 52.4 Å². The number of thioether (sulfide) groups is 1. The summed E-state index contributed by atoms with van der Waals surface area (Å²) in [6.45, 7) is 3.79. The van der Waals surface area contributed by atoms with E-state index in [0.29, 0.717) is 52.5 Å². The lowest BCUT2D eigenvalue weighted by molar-refractivity contribution is -0.132. The summed E-state index contributed by atoms with van der Waals surface area (Å²) in [5.74, 6) is 0.530. The zero-order valence-electron chi connectivity index (χ0n) is 17.8. The molecule has 2 heterocycles. The fraction of sp³-hybridized carbons (Fsp3) is 0.895. The summed E-state index contributed by atoms with van der Waals surface area (Å²) in [5, 5.41) is 0. The van der Waals surface area contributed by atoms with Crippen LogP contribution in [-0.2, 0) is 24.5 Å². The molecule has 0 aromatic rings. The van der Waals surface area contributed by atoms with Crippen molar-refractivity contribution in [1.29, 1.82) is 0 Å². The molecule has 1 aliphatic carbocycles. The second-order valence-corrected chi connectivity index (χ2v) is 11.1. The SMILES string of the molecule is CN(C1CCCCC1)S(=O)(=O)N1CCN(C(=O)CSCC(=O)N2CCOCC2)CC1. The summed E-state index contributed by atoms with van der Waals surface area (Å²) in [6, 6.07) is 0.0869. The first-order chi connectivity index (χ1) is 14.4. The number of piperazine rings is 1. The van der Waals surface area contributed by atoms with E-state index >= 15 is 0 Å². The molecule has 0 atom stereocenters. The lowest BCUT2D eigenvalue weighted by Crippen LogP contribution is -2.55. The first-order valence-corrected chi connectivity index (χ1v) is 13.4. The molecule has 9 nitrogen and oxygen atoms in total. The number of nitrogens with zero attached hydrogens (tertiary/aromatic N) is 4. The minimum atomic E-state index is -3.49. The van der Waals surface area contributed by atoms with E-state index in [-0.39, 0.29) is 29.4 Å². The van der Waals surface area contributed by atoms with Gasteiger partial charge in [-0.15, -0.1) is 11.8 Å². The average molecular weight is 463 g/mol. The topological polar surface area (TPSA) is 90.5 Å². The van der Waals surface area contributed by atoms with Crippen LogP contribution in [0.2, 0.25) is 0 Å². The first kappa shape index (κ1) is 23.8. The molecule has 3 fully saturated rings. The maximum Gasteiger partial charge on any atom is 0.282 e. The molecular weight excluding hydrogens is 428 g/mol. The molecule has 2 saturated heterocycles. The molecule has 172 valence electrons. The Morgan fingerprint density at radius 3 is 2.00 bits per heavy atom. The molecule has 30 heavy (non-hydrogen) atoms. The number of morpholine rings is 1. The molecule has 2 amide bonds. The Morgan fingerprint density at radius 1 is 0.900 bits per heavy atom. The third-order valence-electron chi connectivity index (χ3n) is 6.19. The molecule has 3 aliphatic rings. The molecule has 1 saturated carbocycles. The standard InChI is InChI=1S/C19H34N4O5S2/c1-20(17-5-3-2-4-6-17)30(26,27)23-9-7-21(8-10-23)18(24)15-29-16-19(25)22-11-13-28-14-12-22/h17H,2-16H2,1H3. The molecule has 3 rings (SSSR count). The van der Waals surface area contributed by atoms with Gasteiger partial charge in [0.1, 0.15) is 0 Å².